The lowest BCUT2D eigenvalue weighted by Crippen LogP contribution is -2.13. The summed E-state index contributed by atoms with van der Waals surface area (Å²) in [6, 6.07) is 6.89. The van der Waals surface area contributed by atoms with Crippen molar-refractivity contribution in [3.05, 3.63) is 43.1 Å². The number of tetrazole rings is 1. The van der Waals surface area contributed by atoms with Crippen molar-refractivity contribution in [3.63, 3.8) is 0 Å². The number of hydrogen-bond acceptors (Lipinski definition) is 6. The summed E-state index contributed by atoms with van der Waals surface area (Å²) in [7, 11) is -3.75. The van der Waals surface area contributed by atoms with Gasteiger partial charge in [-0.25, -0.2) is 9.67 Å². The Hall–Kier alpha value is -2.75. The Morgan fingerprint density at radius 1 is 1.22 bits per heavy atom. The lowest BCUT2D eigenvalue weighted by Gasteiger charge is -2.08. The molecule has 9 nitrogen and oxygen atoms in total. The first-order valence-electron chi connectivity index (χ1n) is 6.85. The molecule has 2 aromatic heterocycles. The van der Waals surface area contributed by atoms with Crippen molar-refractivity contribution in [2.24, 2.45) is 0 Å². The maximum Gasteiger partial charge on any atom is 0.280 e. The molecule has 23 heavy (non-hydrogen) atoms. The van der Waals surface area contributed by atoms with Crippen molar-refractivity contribution >= 4 is 15.7 Å². The van der Waals surface area contributed by atoms with E-state index in [1.807, 2.05) is 13.8 Å². The number of imidazole rings is 1. The van der Waals surface area contributed by atoms with Gasteiger partial charge in [-0.2, -0.15) is 8.42 Å². The van der Waals surface area contributed by atoms with E-state index in [1.165, 1.54) is 23.5 Å². The predicted octanol–water partition coefficient (Wildman–Crippen LogP) is 1.24. The number of aromatic nitrogens is 6. The second kappa shape index (κ2) is 5.80. The summed E-state index contributed by atoms with van der Waals surface area (Å²) < 4.78 is 30.5. The minimum atomic E-state index is -3.75. The summed E-state index contributed by atoms with van der Waals surface area (Å²) in [5, 5.41) is 10.8. The molecule has 10 heteroatoms. The van der Waals surface area contributed by atoms with Crippen LogP contribution in [0.1, 0.15) is 19.9 Å². The molecule has 120 valence electrons. The highest BCUT2D eigenvalue weighted by molar-refractivity contribution is 7.92. The number of nitrogens with zero attached hydrogens (tertiary/aromatic N) is 6. The zero-order chi connectivity index (χ0) is 16.4. The molecule has 0 atom stereocenters. The molecule has 0 amide bonds. The maximum absolute atomic E-state index is 12.4. The zero-order valence-electron chi connectivity index (χ0n) is 12.5. The molecule has 3 aromatic rings. The topological polar surface area (TPSA) is 108 Å². The fourth-order valence-electron chi connectivity index (χ4n) is 1.94. The normalized spacial score (nSPS) is 11.8. The molecule has 0 aliphatic heterocycles. The third-order valence-corrected chi connectivity index (χ3v) is 4.43. The van der Waals surface area contributed by atoms with Crippen LogP contribution in [0.2, 0.25) is 0 Å². The van der Waals surface area contributed by atoms with Crippen molar-refractivity contribution in [2.75, 3.05) is 4.72 Å². The molecule has 0 aliphatic rings. The van der Waals surface area contributed by atoms with Crippen LogP contribution in [0, 0.1) is 0 Å². The van der Waals surface area contributed by atoms with Crippen LogP contribution in [-0.4, -0.2) is 38.2 Å². The number of anilines is 1. The van der Waals surface area contributed by atoms with E-state index in [2.05, 4.69) is 25.2 Å². The summed E-state index contributed by atoms with van der Waals surface area (Å²) in [6.07, 6.45) is 4.42. The quantitative estimate of drug-likeness (QED) is 0.752. The Morgan fingerprint density at radius 3 is 2.70 bits per heavy atom. The number of rotatable bonds is 5. The fraction of sp³-hybridized carbons (Fsp3) is 0.231. The molecule has 1 N–H and O–H groups in total. The lowest BCUT2D eigenvalue weighted by atomic mass is 10.3. The first-order valence-corrected chi connectivity index (χ1v) is 8.34. The average molecular weight is 333 g/mol. The van der Waals surface area contributed by atoms with Crippen LogP contribution in [0.15, 0.2) is 48.1 Å². The summed E-state index contributed by atoms with van der Waals surface area (Å²) in [4.78, 5) is 3.95. The molecule has 0 saturated heterocycles. The fourth-order valence-corrected chi connectivity index (χ4v) is 2.93. The van der Waals surface area contributed by atoms with Gasteiger partial charge >= 0.3 is 0 Å². The van der Waals surface area contributed by atoms with Crippen molar-refractivity contribution in [2.45, 2.75) is 24.9 Å². The number of sulfonamides is 1. The van der Waals surface area contributed by atoms with E-state index in [9.17, 15) is 8.42 Å². The van der Waals surface area contributed by atoms with Gasteiger partial charge in [0.25, 0.3) is 10.0 Å². The predicted molar refractivity (Wildman–Crippen MR) is 82.6 cm³/mol. The molecule has 0 spiro atoms. The molecule has 0 saturated carbocycles. The van der Waals surface area contributed by atoms with Crippen molar-refractivity contribution < 1.29 is 8.42 Å². The van der Waals surface area contributed by atoms with E-state index >= 15 is 0 Å². The molecule has 0 unspecified atom stereocenters. The second-order valence-corrected chi connectivity index (χ2v) is 6.79. The van der Waals surface area contributed by atoms with Gasteiger partial charge in [0.1, 0.15) is 6.33 Å². The van der Waals surface area contributed by atoms with Crippen LogP contribution in [0.25, 0.3) is 5.69 Å². The third kappa shape index (κ3) is 3.21. The highest BCUT2D eigenvalue weighted by Gasteiger charge is 2.18. The SMILES string of the molecule is CC(C)n1cnc(S(=O)(=O)Nc2cccc(-n3cnnn3)c2)c1. The van der Waals surface area contributed by atoms with Crippen molar-refractivity contribution in [3.8, 4) is 5.69 Å². The third-order valence-electron chi connectivity index (χ3n) is 3.16. The van der Waals surface area contributed by atoms with E-state index in [4.69, 9.17) is 0 Å². The first kappa shape index (κ1) is 15.2. The molecular formula is C13H15N7O2S. The van der Waals surface area contributed by atoms with Gasteiger partial charge in [-0.15, -0.1) is 5.10 Å². The number of benzene rings is 1. The molecule has 1 aromatic carbocycles. The molecule has 0 radical (unpaired) electrons. The smallest absolute Gasteiger partial charge is 0.280 e. The van der Waals surface area contributed by atoms with Crippen LogP contribution in [0.3, 0.4) is 0 Å². The second-order valence-electron chi connectivity index (χ2n) is 5.16. The molecule has 0 fully saturated rings. The Morgan fingerprint density at radius 2 is 2.04 bits per heavy atom. The van der Waals surface area contributed by atoms with Crippen molar-refractivity contribution in [1.29, 1.82) is 0 Å². The Kier molecular flexibility index (Phi) is 3.82. The highest BCUT2D eigenvalue weighted by atomic mass is 32.2. The van der Waals surface area contributed by atoms with E-state index in [1.54, 1.807) is 28.8 Å². The lowest BCUT2D eigenvalue weighted by molar-refractivity contribution is 0.591. The van der Waals surface area contributed by atoms with Crippen LogP contribution in [-0.2, 0) is 10.0 Å². The van der Waals surface area contributed by atoms with Gasteiger partial charge in [-0.1, -0.05) is 6.07 Å². The minimum absolute atomic E-state index is 0.0287. The molecular weight excluding hydrogens is 318 g/mol. The number of hydrogen-bond donors (Lipinski definition) is 1. The van der Waals surface area contributed by atoms with E-state index < -0.39 is 10.0 Å². The van der Waals surface area contributed by atoms with Crippen LogP contribution in [0.4, 0.5) is 5.69 Å². The van der Waals surface area contributed by atoms with E-state index in [0.717, 1.165) is 0 Å². The van der Waals surface area contributed by atoms with Gasteiger partial charge in [-0.3, -0.25) is 4.72 Å². The van der Waals surface area contributed by atoms with E-state index in [-0.39, 0.29) is 11.1 Å². The van der Waals surface area contributed by atoms with Crippen LogP contribution >= 0.6 is 0 Å². The summed E-state index contributed by atoms with van der Waals surface area (Å²) in [5.41, 5.74) is 1.04. The van der Waals surface area contributed by atoms with Gasteiger partial charge in [-0.05, 0) is 42.5 Å². The molecule has 2 heterocycles. The Labute approximate surface area is 133 Å². The zero-order valence-corrected chi connectivity index (χ0v) is 13.3. The van der Waals surface area contributed by atoms with Gasteiger partial charge in [0.2, 0.25) is 0 Å². The van der Waals surface area contributed by atoms with Gasteiger partial charge in [0.15, 0.2) is 5.03 Å². The standard InChI is InChI=1S/C13H15N7O2S/c1-10(2)19-7-13(14-8-19)23(21,22)16-11-4-3-5-12(6-11)20-9-15-17-18-20/h3-10,16H,1-2H3. The summed E-state index contributed by atoms with van der Waals surface area (Å²) in [6.45, 7) is 3.89. The maximum atomic E-state index is 12.4. The molecule has 3 rings (SSSR count). The number of nitrogens with one attached hydrogen (secondary N) is 1. The van der Waals surface area contributed by atoms with Gasteiger partial charge in [0, 0.05) is 12.2 Å². The first-order chi connectivity index (χ1) is 11.0. The van der Waals surface area contributed by atoms with Crippen LogP contribution in [0.5, 0.6) is 0 Å². The monoisotopic (exact) mass is 333 g/mol. The average Bonchev–Trinajstić information content (AvgIpc) is 3.19. The Balaban J connectivity index is 1.87. The Bertz CT molecular complexity index is 900. The van der Waals surface area contributed by atoms with E-state index in [0.29, 0.717) is 11.4 Å². The van der Waals surface area contributed by atoms with Gasteiger partial charge < -0.3 is 4.57 Å². The van der Waals surface area contributed by atoms with Crippen LogP contribution < -0.4 is 4.72 Å². The minimum Gasteiger partial charge on any atom is -0.334 e. The largest absolute Gasteiger partial charge is 0.334 e. The van der Waals surface area contributed by atoms with Crippen molar-refractivity contribution in [1.82, 2.24) is 29.8 Å². The van der Waals surface area contributed by atoms with Gasteiger partial charge in [0.05, 0.1) is 17.7 Å². The summed E-state index contributed by atoms with van der Waals surface area (Å²) >= 11 is 0. The highest BCUT2D eigenvalue weighted by Crippen LogP contribution is 2.18. The molecule has 0 bridgehead atoms. The molecule has 0 aliphatic carbocycles. The summed E-state index contributed by atoms with van der Waals surface area (Å²) in [5.74, 6) is 0.